The summed E-state index contributed by atoms with van der Waals surface area (Å²) in [5.41, 5.74) is 1.19. The summed E-state index contributed by atoms with van der Waals surface area (Å²) < 4.78 is 63.5. The van der Waals surface area contributed by atoms with Crippen molar-refractivity contribution >= 4 is 17.8 Å². The molecule has 1 aromatic rings. The molecule has 3 fully saturated rings. The van der Waals surface area contributed by atoms with Crippen LogP contribution >= 0.6 is 0 Å². The Morgan fingerprint density at radius 2 is 1.57 bits per heavy atom. The average molecular weight is 513 g/mol. The van der Waals surface area contributed by atoms with Gasteiger partial charge in [-0.05, 0) is 43.2 Å². The minimum Gasteiger partial charge on any atom is -0.475 e. The summed E-state index contributed by atoms with van der Waals surface area (Å²) in [5.74, 6) is -4.06. The fourth-order valence-corrected chi connectivity index (χ4v) is 4.09. The van der Waals surface area contributed by atoms with Gasteiger partial charge in [-0.3, -0.25) is 9.78 Å². The van der Waals surface area contributed by atoms with Gasteiger partial charge in [-0.2, -0.15) is 26.3 Å². The van der Waals surface area contributed by atoms with Crippen molar-refractivity contribution in [3.05, 3.63) is 30.1 Å². The molecular weight excluding hydrogens is 488 g/mol. The SMILES string of the molecule is O=C(O)C(F)(F)F.O=C(O)C(F)(F)F.O=C1CC(c2cccnc2)C2(CCN(CC3CC3)CC2)N1. The highest BCUT2D eigenvalue weighted by atomic mass is 19.4. The Hall–Kier alpha value is -2.90. The Kier molecular flexibility index (Phi) is 9.09. The number of rotatable bonds is 3. The topological polar surface area (TPSA) is 120 Å². The molecule has 4 rings (SSSR count). The third kappa shape index (κ3) is 8.67. The number of amides is 1. The molecule has 1 aromatic heterocycles. The maximum absolute atomic E-state index is 12.0. The highest BCUT2D eigenvalue weighted by Gasteiger charge is 2.49. The number of pyridine rings is 1. The van der Waals surface area contributed by atoms with E-state index in [2.05, 4.69) is 21.3 Å². The van der Waals surface area contributed by atoms with Crippen LogP contribution in [0, 0.1) is 5.92 Å². The number of carboxylic acid groups (broad SMARTS) is 2. The van der Waals surface area contributed by atoms with Crippen molar-refractivity contribution < 1.29 is 50.9 Å². The summed E-state index contributed by atoms with van der Waals surface area (Å²) >= 11 is 0. The molecule has 0 aromatic carbocycles. The molecule has 1 spiro atoms. The van der Waals surface area contributed by atoms with Crippen molar-refractivity contribution in [2.24, 2.45) is 5.92 Å². The van der Waals surface area contributed by atoms with Crippen LogP contribution in [0.15, 0.2) is 24.5 Å². The van der Waals surface area contributed by atoms with Gasteiger partial charge in [0, 0.05) is 49.9 Å². The highest BCUT2D eigenvalue weighted by molar-refractivity contribution is 5.81. The first kappa shape index (κ1) is 28.3. The predicted molar refractivity (Wildman–Crippen MR) is 108 cm³/mol. The molecule has 1 unspecified atom stereocenters. The number of halogens is 6. The quantitative estimate of drug-likeness (QED) is 0.531. The Morgan fingerprint density at radius 3 is 1.97 bits per heavy atom. The number of alkyl halides is 6. The number of nitrogens with one attached hydrogen (secondary N) is 1. The summed E-state index contributed by atoms with van der Waals surface area (Å²) in [7, 11) is 0. The van der Waals surface area contributed by atoms with Gasteiger partial charge in [0.05, 0.1) is 0 Å². The zero-order valence-electron chi connectivity index (χ0n) is 18.4. The fraction of sp³-hybridized carbons (Fsp3) is 0.619. The molecule has 1 amide bonds. The molecule has 14 heteroatoms. The molecule has 2 aliphatic heterocycles. The van der Waals surface area contributed by atoms with Gasteiger partial charge in [0.2, 0.25) is 5.91 Å². The molecule has 196 valence electrons. The summed E-state index contributed by atoms with van der Waals surface area (Å²) in [4.78, 5) is 36.7. The van der Waals surface area contributed by atoms with Gasteiger partial charge in [0.25, 0.3) is 0 Å². The van der Waals surface area contributed by atoms with E-state index in [1.807, 2.05) is 12.3 Å². The molecule has 3 aliphatic rings. The summed E-state index contributed by atoms with van der Waals surface area (Å²) in [6.07, 6.45) is -0.834. The van der Waals surface area contributed by atoms with Crippen LogP contribution in [-0.2, 0) is 14.4 Å². The van der Waals surface area contributed by atoms with Crippen LogP contribution in [-0.4, -0.2) is 75.5 Å². The molecule has 35 heavy (non-hydrogen) atoms. The number of piperidine rings is 1. The predicted octanol–water partition coefficient (Wildman–Crippen LogP) is 3.20. The number of carbonyl (C=O) groups is 3. The third-order valence-electron chi connectivity index (χ3n) is 5.98. The summed E-state index contributed by atoms with van der Waals surface area (Å²) in [5, 5.41) is 17.6. The Balaban J connectivity index is 0.000000257. The van der Waals surface area contributed by atoms with E-state index in [1.165, 1.54) is 24.9 Å². The second-order valence-corrected chi connectivity index (χ2v) is 8.60. The largest absolute Gasteiger partial charge is 0.490 e. The van der Waals surface area contributed by atoms with Crippen molar-refractivity contribution in [1.29, 1.82) is 0 Å². The lowest BCUT2D eigenvalue weighted by molar-refractivity contribution is -0.193. The normalized spacial score (nSPS) is 21.8. The molecule has 3 heterocycles. The number of aromatic nitrogens is 1. The Morgan fingerprint density at radius 1 is 1.06 bits per heavy atom. The summed E-state index contributed by atoms with van der Waals surface area (Å²) in [6.45, 7) is 3.50. The van der Waals surface area contributed by atoms with E-state index < -0.39 is 24.3 Å². The van der Waals surface area contributed by atoms with Crippen molar-refractivity contribution in [2.45, 2.75) is 55.9 Å². The molecule has 2 saturated heterocycles. The smallest absolute Gasteiger partial charge is 0.475 e. The van der Waals surface area contributed by atoms with Crippen LogP contribution in [0.2, 0.25) is 0 Å². The first-order chi connectivity index (χ1) is 16.1. The van der Waals surface area contributed by atoms with E-state index in [9.17, 15) is 31.1 Å². The molecule has 1 aliphatic carbocycles. The van der Waals surface area contributed by atoms with Crippen LogP contribution in [0.1, 0.15) is 43.6 Å². The Bertz CT molecular complexity index is 858. The third-order valence-corrected chi connectivity index (χ3v) is 5.98. The minimum absolute atomic E-state index is 0.0276. The second kappa shape index (κ2) is 11.2. The van der Waals surface area contributed by atoms with Crippen LogP contribution in [0.3, 0.4) is 0 Å². The molecule has 1 saturated carbocycles. The maximum Gasteiger partial charge on any atom is 0.490 e. The molecule has 0 radical (unpaired) electrons. The molecule has 3 N–H and O–H groups in total. The van der Waals surface area contributed by atoms with E-state index in [0.29, 0.717) is 12.3 Å². The molecule has 0 bridgehead atoms. The minimum atomic E-state index is -5.08. The standard InChI is InChI=1S/C17H23N3O.2C2HF3O2/c21-16-10-15(14-2-1-7-18-11-14)17(19-16)5-8-20(9-6-17)12-13-3-4-13;2*3-2(4,5)1(6)7/h1-2,7,11,13,15H,3-6,8-10,12H2,(H,19,21);2*(H,6,7). The van der Waals surface area contributed by atoms with E-state index in [-0.39, 0.29) is 11.4 Å². The zero-order valence-corrected chi connectivity index (χ0v) is 18.4. The van der Waals surface area contributed by atoms with Gasteiger partial charge >= 0.3 is 24.3 Å². The van der Waals surface area contributed by atoms with Crippen molar-refractivity contribution in [1.82, 2.24) is 15.2 Å². The molecule has 8 nitrogen and oxygen atoms in total. The van der Waals surface area contributed by atoms with E-state index in [0.717, 1.165) is 31.8 Å². The number of aliphatic carboxylic acids is 2. The van der Waals surface area contributed by atoms with Crippen molar-refractivity contribution in [2.75, 3.05) is 19.6 Å². The Labute approximate surface area is 196 Å². The first-order valence-corrected chi connectivity index (χ1v) is 10.7. The van der Waals surface area contributed by atoms with Gasteiger partial charge in [0.15, 0.2) is 0 Å². The van der Waals surface area contributed by atoms with Gasteiger partial charge in [-0.1, -0.05) is 6.07 Å². The maximum atomic E-state index is 12.0. The van der Waals surface area contributed by atoms with Crippen LogP contribution in [0.25, 0.3) is 0 Å². The van der Waals surface area contributed by atoms with Crippen molar-refractivity contribution in [3.8, 4) is 0 Å². The average Bonchev–Trinajstić information content (AvgIpc) is 3.52. The number of likely N-dealkylation sites (tertiary alicyclic amines) is 1. The fourth-order valence-electron chi connectivity index (χ4n) is 4.09. The lowest BCUT2D eigenvalue weighted by Crippen LogP contribution is -2.53. The second-order valence-electron chi connectivity index (χ2n) is 8.60. The molecular formula is C21H25F6N3O5. The zero-order chi connectivity index (χ0) is 26.4. The van der Waals surface area contributed by atoms with Crippen LogP contribution in [0.5, 0.6) is 0 Å². The monoisotopic (exact) mass is 513 g/mol. The number of carboxylic acids is 2. The number of hydrogen-bond donors (Lipinski definition) is 3. The van der Waals surface area contributed by atoms with Gasteiger partial charge in [-0.25, -0.2) is 9.59 Å². The van der Waals surface area contributed by atoms with E-state index >= 15 is 0 Å². The van der Waals surface area contributed by atoms with Gasteiger partial charge in [-0.15, -0.1) is 0 Å². The highest BCUT2D eigenvalue weighted by Crippen LogP contribution is 2.43. The van der Waals surface area contributed by atoms with E-state index in [1.54, 1.807) is 6.20 Å². The van der Waals surface area contributed by atoms with Crippen molar-refractivity contribution in [3.63, 3.8) is 0 Å². The molecule has 1 atom stereocenters. The lowest BCUT2D eigenvalue weighted by Gasteiger charge is -2.43. The van der Waals surface area contributed by atoms with Crippen LogP contribution in [0.4, 0.5) is 26.3 Å². The first-order valence-electron chi connectivity index (χ1n) is 10.7. The number of nitrogens with zero attached hydrogens (tertiary/aromatic N) is 2. The number of carbonyl (C=O) groups excluding carboxylic acids is 1. The van der Waals surface area contributed by atoms with E-state index in [4.69, 9.17) is 19.8 Å². The summed E-state index contributed by atoms with van der Waals surface area (Å²) in [6, 6.07) is 4.10. The van der Waals surface area contributed by atoms with Gasteiger partial charge < -0.3 is 20.4 Å². The number of hydrogen-bond acceptors (Lipinski definition) is 5. The van der Waals surface area contributed by atoms with Crippen LogP contribution < -0.4 is 5.32 Å². The lowest BCUT2D eigenvalue weighted by atomic mass is 9.74. The van der Waals surface area contributed by atoms with Gasteiger partial charge in [0.1, 0.15) is 0 Å².